The molecule has 0 heterocycles. The quantitative estimate of drug-likeness (QED) is 0.596. The maximum absolute atomic E-state index is 5.17. The van der Waals surface area contributed by atoms with Crippen LogP contribution in [0.1, 0.15) is 33.6 Å². The van der Waals surface area contributed by atoms with Crippen LogP contribution in [-0.2, 0) is 4.74 Å². The van der Waals surface area contributed by atoms with Gasteiger partial charge in [-0.05, 0) is 24.0 Å². The summed E-state index contributed by atoms with van der Waals surface area (Å²) < 4.78 is 5.17. The molecule has 2 nitrogen and oxygen atoms in total. The molecule has 16 heavy (non-hydrogen) atoms. The molecule has 1 unspecified atom stereocenters. The van der Waals surface area contributed by atoms with E-state index in [1.54, 1.807) is 7.11 Å². The van der Waals surface area contributed by atoms with E-state index in [0.29, 0.717) is 0 Å². The van der Waals surface area contributed by atoms with Gasteiger partial charge in [0, 0.05) is 26.7 Å². The van der Waals surface area contributed by atoms with Crippen molar-refractivity contribution in [2.24, 2.45) is 11.8 Å². The predicted molar refractivity (Wildman–Crippen MR) is 75.4 cm³/mol. The Kier molecular flexibility index (Phi) is 10.6. The SMILES string of the molecule is CCCC(CS)CN(CCOC)CC(C)C. The van der Waals surface area contributed by atoms with E-state index in [1.807, 2.05) is 0 Å². The molecule has 0 saturated carbocycles. The maximum atomic E-state index is 5.17. The molecule has 0 aliphatic carbocycles. The standard InChI is InChI=1S/C13H29NOS/c1-5-6-13(11-16)10-14(7-8-15-4)9-12(2)3/h12-13,16H,5-11H2,1-4H3. The molecule has 0 amide bonds. The monoisotopic (exact) mass is 247 g/mol. The van der Waals surface area contributed by atoms with Crippen molar-refractivity contribution in [3.05, 3.63) is 0 Å². The Labute approximate surface area is 107 Å². The predicted octanol–water partition coefficient (Wildman–Crippen LogP) is 2.94. The lowest BCUT2D eigenvalue weighted by molar-refractivity contribution is 0.129. The van der Waals surface area contributed by atoms with E-state index in [1.165, 1.54) is 19.4 Å². The Hall–Kier alpha value is 0.270. The first-order valence-corrected chi connectivity index (χ1v) is 7.09. The summed E-state index contributed by atoms with van der Waals surface area (Å²) in [6.45, 7) is 11.0. The van der Waals surface area contributed by atoms with Crippen molar-refractivity contribution >= 4 is 12.6 Å². The molecule has 0 saturated heterocycles. The van der Waals surface area contributed by atoms with Crippen LogP contribution in [0.2, 0.25) is 0 Å². The topological polar surface area (TPSA) is 12.5 Å². The molecule has 0 rings (SSSR count). The summed E-state index contributed by atoms with van der Waals surface area (Å²) in [5.74, 6) is 2.44. The molecule has 0 aromatic rings. The Morgan fingerprint density at radius 3 is 2.38 bits per heavy atom. The summed E-state index contributed by atoms with van der Waals surface area (Å²) in [4.78, 5) is 2.52. The van der Waals surface area contributed by atoms with E-state index < -0.39 is 0 Å². The van der Waals surface area contributed by atoms with Gasteiger partial charge < -0.3 is 9.64 Å². The highest BCUT2D eigenvalue weighted by Gasteiger charge is 2.13. The third-order valence-corrected chi connectivity index (χ3v) is 3.22. The van der Waals surface area contributed by atoms with Crippen LogP contribution in [0.15, 0.2) is 0 Å². The fourth-order valence-corrected chi connectivity index (χ4v) is 2.31. The van der Waals surface area contributed by atoms with Crippen LogP contribution in [0.4, 0.5) is 0 Å². The Balaban J connectivity index is 4.04. The van der Waals surface area contributed by atoms with Gasteiger partial charge in [0.2, 0.25) is 0 Å². The van der Waals surface area contributed by atoms with Gasteiger partial charge in [0.05, 0.1) is 6.61 Å². The molecule has 98 valence electrons. The van der Waals surface area contributed by atoms with Crippen molar-refractivity contribution in [2.75, 3.05) is 39.1 Å². The Morgan fingerprint density at radius 1 is 1.25 bits per heavy atom. The van der Waals surface area contributed by atoms with E-state index in [-0.39, 0.29) is 0 Å². The summed E-state index contributed by atoms with van der Waals surface area (Å²) in [6, 6.07) is 0. The molecule has 0 aromatic heterocycles. The van der Waals surface area contributed by atoms with Crippen LogP contribution in [0.25, 0.3) is 0 Å². The minimum Gasteiger partial charge on any atom is -0.383 e. The van der Waals surface area contributed by atoms with Crippen LogP contribution in [-0.4, -0.2) is 44.0 Å². The molecule has 1 atom stereocenters. The van der Waals surface area contributed by atoms with Crippen molar-refractivity contribution in [2.45, 2.75) is 33.6 Å². The van der Waals surface area contributed by atoms with Gasteiger partial charge in [-0.15, -0.1) is 0 Å². The van der Waals surface area contributed by atoms with Crippen molar-refractivity contribution in [3.8, 4) is 0 Å². The lowest BCUT2D eigenvalue weighted by Crippen LogP contribution is -2.35. The van der Waals surface area contributed by atoms with Gasteiger partial charge >= 0.3 is 0 Å². The Bertz CT molecular complexity index is 153. The van der Waals surface area contributed by atoms with Crippen LogP contribution in [0.3, 0.4) is 0 Å². The van der Waals surface area contributed by atoms with Crippen molar-refractivity contribution in [3.63, 3.8) is 0 Å². The van der Waals surface area contributed by atoms with E-state index in [9.17, 15) is 0 Å². The number of thiol groups is 1. The average molecular weight is 247 g/mol. The maximum Gasteiger partial charge on any atom is 0.0589 e. The molecule has 0 radical (unpaired) electrons. The summed E-state index contributed by atoms with van der Waals surface area (Å²) in [6.07, 6.45) is 2.54. The second-order valence-corrected chi connectivity index (χ2v) is 5.35. The number of rotatable bonds is 10. The van der Waals surface area contributed by atoms with Crippen LogP contribution in [0.5, 0.6) is 0 Å². The first kappa shape index (κ1) is 16.3. The highest BCUT2D eigenvalue weighted by Crippen LogP contribution is 2.11. The molecule has 0 fully saturated rings. The summed E-state index contributed by atoms with van der Waals surface area (Å²) >= 11 is 4.45. The largest absolute Gasteiger partial charge is 0.383 e. The summed E-state index contributed by atoms with van der Waals surface area (Å²) in [7, 11) is 1.77. The van der Waals surface area contributed by atoms with E-state index in [4.69, 9.17) is 4.74 Å². The number of methoxy groups -OCH3 is 1. The van der Waals surface area contributed by atoms with Crippen LogP contribution >= 0.6 is 12.6 Å². The van der Waals surface area contributed by atoms with Gasteiger partial charge in [0.25, 0.3) is 0 Å². The minimum absolute atomic E-state index is 0.721. The zero-order valence-corrected chi connectivity index (χ0v) is 12.3. The lowest BCUT2D eigenvalue weighted by Gasteiger charge is -2.28. The third kappa shape index (κ3) is 8.43. The highest BCUT2D eigenvalue weighted by molar-refractivity contribution is 7.80. The van der Waals surface area contributed by atoms with Crippen molar-refractivity contribution in [1.82, 2.24) is 4.90 Å². The minimum atomic E-state index is 0.721. The lowest BCUT2D eigenvalue weighted by atomic mass is 10.0. The molecular formula is C13H29NOS. The zero-order valence-electron chi connectivity index (χ0n) is 11.4. The van der Waals surface area contributed by atoms with Gasteiger partial charge in [-0.2, -0.15) is 12.6 Å². The number of ether oxygens (including phenoxy) is 1. The van der Waals surface area contributed by atoms with Crippen molar-refractivity contribution in [1.29, 1.82) is 0 Å². The molecule has 0 bridgehead atoms. The van der Waals surface area contributed by atoms with Gasteiger partial charge in [-0.25, -0.2) is 0 Å². The molecule has 3 heteroatoms. The van der Waals surface area contributed by atoms with Crippen LogP contribution in [0, 0.1) is 11.8 Å². The molecule has 0 aromatic carbocycles. The second kappa shape index (κ2) is 10.4. The van der Waals surface area contributed by atoms with E-state index in [0.717, 1.165) is 37.3 Å². The molecule has 0 N–H and O–H groups in total. The van der Waals surface area contributed by atoms with Crippen LogP contribution < -0.4 is 0 Å². The first-order chi connectivity index (χ1) is 7.63. The molecule has 0 spiro atoms. The number of nitrogens with zero attached hydrogens (tertiary/aromatic N) is 1. The zero-order chi connectivity index (χ0) is 12.4. The molecule has 0 aliphatic heterocycles. The fraction of sp³-hybridized carbons (Fsp3) is 1.00. The third-order valence-electron chi connectivity index (χ3n) is 2.71. The number of hydrogen-bond donors (Lipinski definition) is 1. The first-order valence-electron chi connectivity index (χ1n) is 6.46. The molecular weight excluding hydrogens is 218 g/mol. The average Bonchev–Trinajstić information content (AvgIpc) is 2.24. The highest BCUT2D eigenvalue weighted by atomic mass is 32.1. The summed E-state index contributed by atoms with van der Waals surface area (Å²) in [5, 5.41) is 0. The smallest absolute Gasteiger partial charge is 0.0589 e. The van der Waals surface area contributed by atoms with Gasteiger partial charge in [-0.1, -0.05) is 27.2 Å². The second-order valence-electron chi connectivity index (χ2n) is 4.98. The van der Waals surface area contributed by atoms with E-state index in [2.05, 4.69) is 38.3 Å². The normalized spacial score (nSPS) is 13.7. The Morgan fingerprint density at radius 2 is 1.94 bits per heavy atom. The number of hydrogen-bond acceptors (Lipinski definition) is 3. The summed E-state index contributed by atoms with van der Waals surface area (Å²) in [5.41, 5.74) is 0. The van der Waals surface area contributed by atoms with Crippen molar-refractivity contribution < 1.29 is 4.74 Å². The van der Waals surface area contributed by atoms with E-state index >= 15 is 0 Å². The van der Waals surface area contributed by atoms with Gasteiger partial charge in [-0.3, -0.25) is 0 Å². The van der Waals surface area contributed by atoms with Gasteiger partial charge in [0.1, 0.15) is 0 Å². The van der Waals surface area contributed by atoms with Gasteiger partial charge in [0.15, 0.2) is 0 Å². The molecule has 0 aliphatic rings. The fourth-order valence-electron chi connectivity index (χ4n) is 2.01.